The maximum absolute atomic E-state index is 12.1. The van der Waals surface area contributed by atoms with Crippen molar-refractivity contribution in [2.75, 3.05) is 18.4 Å². The van der Waals surface area contributed by atoms with Crippen LogP contribution in [0.1, 0.15) is 24.1 Å². The van der Waals surface area contributed by atoms with Crippen molar-refractivity contribution < 1.29 is 4.79 Å². The molecule has 4 heteroatoms. The summed E-state index contributed by atoms with van der Waals surface area (Å²) < 4.78 is 0. The van der Waals surface area contributed by atoms with E-state index in [2.05, 4.69) is 15.9 Å². The smallest absolute Gasteiger partial charge is 0.227 e. The Kier molecular flexibility index (Phi) is 5.04. The maximum atomic E-state index is 12.1. The largest absolute Gasteiger partial charge is 0.342 e. The van der Waals surface area contributed by atoms with Crippen LogP contribution in [0.3, 0.4) is 0 Å². The van der Waals surface area contributed by atoms with Gasteiger partial charge in [0.25, 0.3) is 0 Å². The fourth-order valence-electron chi connectivity index (χ4n) is 2.30. The number of halogens is 1. The van der Waals surface area contributed by atoms with Gasteiger partial charge in [-0.05, 0) is 36.6 Å². The molecule has 0 N–H and O–H groups in total. The Morgan fingerprint density at radius 1 is 1.47 bits per heavy atom. The Bertz CT molecular complexity index is 344. The van der Waals surface area contributed by atoms with Crippen molar-refractivity contribution in [2.24, 2.45) is 5.92 Å². The van der Waals surface area contributed by atoms with E-state index in [1.54, 1.807) is 11.3 Å². The fraction of sp³-hybridized carbons (Fsp3) is 0.615. The molecule has 1 aromatic heterocycles. The van der Waals surface area contributed by atoms with Crippen LogP contribution in [0.2, 0.25) is 0 Å². The number of nitrogens with zero attached hydrogens (tertiary/aromatic N) is 1. The molecule has 0 atom stereocenters. The number of alkyl halides is 1. The molecule has 1 fully saturated rings. The number of hydrogen-bond donors (Lipinski definition) is 0. The summed E-state index contributed by atoms with van der Waals surface area (Å²) in [6, 6.07) is 4.05. The molecule has 2 heterocycles. The second kappa shape index (κ2) is 6.55. The molecule has 1 aliphatic rings. The van der Waals surface area contributed by atoms with Crippen LogP contribution < -0.4 is 0 Å². The molecule has 1 aromatic rings. The lowest BCUT2D eigenvalue weighted by Crippen LogP contribution is -2.39. The first kappa shape index (κ1) is 13.1. The summed E-state index contributed by atoms with van der Waals surface area (Å²) in [6.45, 7) is 1.89. The quantitative estimate of drug-likeness (QED) is 0.781. The summed E-state index contributed by atoms with van der Waals surface area (Å²) in [5, 5.41) is 3.12. The number of likely N-dealkylation sites (tertiary alicyclic amines) is 1. The predicted octanol–water partition coefficient (Wildman–Crippen LogP) is 3.31. The van der Waals surface area contributed by atoms with Crippen molar-refractivity contribution >= 4 is 33.2 Å². The molecule has 1 saturated heterocycles. The lowest BCUT2D eigenvalue weighted by atomic mass is 9.94. The summed E-state index contributed by atoms with van der Waals surface area (Å²) in [5.41, 5.74) is 0. The molecule has 0 saturated carbocycles. The summed E-state index contributed by atoms with van der Waals surface area (Å²) in [5.74, 6) is 1.10. The third kappa shape index (κ3) is 3.81. The van der Waals surface area contributed by atoms with Gasteiger partial charge in [0.2, 0.25) is 5.91 Å². The molecule has 2 rings (SSSR count). The molecule has 0 bridgehead atoms. The van der Waals surface area contributed by atoms with Crippen LogP contribution in [-0.4, -0.2) is 29.2 Å². The Morgan fingerprint density at radius 3 is 2.82 bits per heavy atom. The molecule has 0 radical (unpaired) electrons. The predicted molar refractivity (Wildman–Crippen MR) is 75.7 cm³/mol. The Balaban J connectivity index is 1.78. The number of hydrogen-bond acceptors (Lipinski definition) is 2. The van der Waals surface area contributed by atoms with Gasteiger partial charge in [0.05, 0.1) is 6.42 Å². The van der Waals surface area contributed by atoms with Crippen molar-refractivity contribution in [2.45, 2.75) is 25.7 Å². The molecule has 1 amide bonds. The number of rotatable bonds is 4. The lowest BCUT2D eigenvalue weighted by Gasteiger charge is -2.31. The third-order valence-electron chi connectivity index (χ3n) is 3.39. The van der Waals surface area contributed by atoms with Gasteiger partial charge >= 0.3 is 0 Å². The lowest BCUT2D eigenvalue weighted by molar-refractivity contribution is -0.131. The number of carbonyl (C=O) groups excluding carboxylic acids is 1. The topological polar surface area (TPSA) is 20.3 Å². The van der Waals surface area contributed by atoms with E-state index in [0.717, 1.165) is 24.3 Å². The number of amides is 1. The van der Waals surface area contributed by atoms with Crippen molar-refractivity contribution in [1.29, 1.82) is 0 Å². The first-order chi connectivity index (χ1) is 8.29. The van der Waals surface area contributed by atoms with E-state index in [4.69, 9.17) is 0 Å². The van der Waals surface area contributed by atoms with Crippen LogP contribution in [0.25, 0.3) is 0 Å². The molecular weight excluding hydrogens is 298 g/mol. The maximum Gasteiger partial charge on any atom is 0.227 e. The Labute approximate surface area is 115 Å². The van der Waals surface area contributed by atoms with Crippen LogP contribution in [0.4, 0.5) is 0 Å². The summed E-state index contributed by atoms with van der Waals surface area (Å²) in [4.78, 5) is 15.3. The van der Waals surface area contributed by atoms with Crippen LogP contribution in [0.5, 0.6) is 0 Å². The standard InChI is InChI=1S/C13H18BrNOS/c14-6-3-11-4-7-15(8-5-11)13(16)10-12-2-1-9-17-12/h1-2,9,11H,3-8,10H2. The summed E-state index contributed by atoms with van der Waals surface area (Å²) in [7, 11) is 0. The van der Waals surface area contributed by atoms with Gasteiger partial charge in [0.1, 0.15) is 0 Å². The van der Waals surface area contributed by atoms with Crippen LogP contribution >= 0.6 is 27.3 Å². The van der Waals surface area contributed by atoms with E-state index in [1.165, 1.54) is 24.1 Å². The van der Waals surface area contributed by atoms with E-state index in [1.807, 2.05) is 22.4 Å². The molecule has 0 spiro atoms. The SMILES string of the molecule is O=C(Cc1cccs1)N1CCC(CCBr)CC1. The summed E-state index contributed by atoms with van der Waals surface area (Å²) >= 11 is 5.16. The van der Waals surface area contributed by atoms with Gasteiger partial charge in [-0.3, -0.25) is 4.79 Å². The minimum Gasteiger partial charge on any atom is -0.342 e. The highest BCUT2D eigenvalue weighted by molar-refractivity contribution is 9.09. The first-order valence-electron chi connectivity index (χ1n) is 6.15. The zero-order valence-corrected chi connectivity index (χ0v) is 12.3. The van der Waals surface area contributed by atoms with Gasteiger partial charge in [-0.25, -0.2) is 0 Å². The van der Waals surface area contributed by atoms with E-state index >= 15 is 0 Å². The van der Waals surface area contributed by atoms with E-state index < -0.39 is 0 Å². The highest BCUT2D eigenvalue weighted by Gasteiger charge is 2.22. The zero-order chi connectivity index (χ0) is 12.1. The third-order valence-corrected chi connectivity index (χ3v) is 4.72. The van der Waals surface area contributed by atoms with Crippen LogP contribution in [0, 0.1) is 5.92 Å². The zero-order valence-electron chi connectivity index (χ0n) is 9.90. The molecular formula is C13H18BrNOS. The fourth-order valence-corrected chi connectivity index (χ4v) is 3.64. The average Bonchev–Trinajstić information content (AvgIpc) is 2.83. The van der Waals surface area contributed by atoms with Gasteiger partial charge in [-0.1, -0.05) is 22.0 Å². The van der Waals surface area contributed by atoms with Crippen molar-refractivity contribution in [3.63, 3.8) is 0 Å². The van der Waals surface area contributed by atoms with Crippen molar-refractivity contribution in [3.05, 3.63) is 22.4 Å². The Hall–Kier alpha value is -0.350. The number of thiophene rings is 1. The second-order valence-corrected chi connectivity index (χ2v) is 6.38. The molecule has 0 aliphatic carbocycles. The normalized spacial score (nSPS) is 17.4. The molecule has 94 valence electrons. The second-order valence-electron chi connectivity index (χ2n) is 4.56. The van der Waals surface area contributed by atoms with Gasteiger partial charge in [0.15, 0.2) is 0 Å². The molecule has 0 aromatic carbocycles. The van der Waals surface area contributed by atoms with E-state index in [9.17, 15) is 4.79 Å². The molecule has 17 heavy (non-hydrogen) atoms. The minimum atomic E-state index is 0.296. The van der Waals surface area contributed by atoms with Gasteiger partial charge in [-0.15, -0.1) is 11.3 Å². The number of piperidine rings is 1. The van der Waals surface area contributed by atoms with Gasteiger partial charge in [-0.2, -0.15) is 0 Å². The molecule has 2 nitrogen and oxygen atoms in total. The van der Waals surface area contributed by atoms with E-state index in [-0.39, 0.29) is 0 Å². The minimum absolute atomic E-state index is 0.296. The molecule has 1 aliphatic heterocycles. The number of carbonyl (C=O) groups is 1. The van der Waals surface area contributed by atoms with Crippen LogP contribution in [0.15, 0.2) is 17.5 Å². The van der Waals surface area contributed by atoms with Crippen molar-refractivity contribution in [1.82, 2.24) is 4.90 Å². The molecule has 0 unspecified atom stereocenters. The van der Waals surface area contributed by atoms with Crippen LogP contribution in [-0.2, 0) is 11.2 Å². The monoisotopic (exact) mass is 315 g/mol. The van der Waals surface area contributed by atoms with Crippen molar-refractivity contribution in [3.8, 4) is 0 Å². The van der Waals surface area contributed by atoms with E-state index in [0.29, 0.717) is 12.3 Å². The summed E-state index contributed by atoms with van der Waals surface area (Å²) in [6.07, 6.45) is 4.16. The average molecular weight is 316 g/mol. The van der Waals surface area contributed by atoms with Gasteiger partial charge < -0.3 is 4.90 Å². The van der Waals surface area contributed by atoms with Gasteiger partial charge in [0, 0.05) is 23.3 Å². The Morgan fingerprint density at radius 2 is 2.24 bits per heavy atom. The highest BCUT2D eigenvalue weighted by atomic mass is 79.9. The highest BCUT2D eigenvalue weighted by Crippen LogP contribution is 2.22. The first-order valence-corrected chi connectivity index (χ1v) is 8.16.